The lowest BCUT2D eigenvalue weighted by atomic mass is 9.97. The highest BCUT2D eigenvalue weighted by Crippen LogP contribution is 2.35. The number of hydrogen-bond acceptors (Lipinski definition) is 2. The van der Waals surface area contributed by atoms with Crippen LogP contribution in [0.15, 0.2) is 40.9 Å². The number of halogens is 2. The number of hydrogen-bond donors (Lipinski definition) is 0. The van der Waals surface area contributed by atoms with E-state index in [1.165, 1.54) is 12.1 Å². The van der Waals surface area contributed by atoms with Crippen LogP contribution in [-0.4, -0.2) is 5.97 Å². The van der Waals surface area contributed by atoms with Gasteiger partial charge in [-0.05, 0) is 42.3 Å². The first-order valence-electron chi connectivity index (χ1n) is 6.30. The fraction of sp³-hybridized carbons (Fsp3) is 0.188. The molecule has 2 aromatic rings. The molecule has 4 heteroatoms. The first-order chi connectivity index (χ1) is 9.54. The van der Waals surface area contributed by atoms with Crippen molar-refractivity contribution in [3.05, 3.63) is 68.9 Å². The molecule has 0 saturated carbocycles. The number of fused-ring (bicyclic) bond motifs is 1. The minimum atomic E-state index is -0.300. The fourth-order valence-corrected chi connectivity index (χ4v) is 2.84. The quantitative estimate of drug-likeness (QED) is 0.763. The molecule has 0 aromatic heterocycles. The monoisotopic (exact) mass is 334 g/mol. The van der Waals surface area contributed by atoms with Crippen molar-refractivity contribution in [2.45, 2.75) is 19.4 Å². The molecule has 20 heavy (non-hydrogen) atoms. The minimum absolute atomic E-state index is 0.251. The first-order valence-corrected chi connectivity index (χ1v) is 7.09. The second-order valence-corrected chi connectivity index (χ2v) is 5.82. The molecule has 0 spiro atoms. The van der Waals surface area contributed by atoms with Gasteiger partial charge in [0.05, 0.1) is 5.56 Å². The van der Waals surface area contributed by atoms with Crippen LogP contribution < -0.4 is 0 Å². The van der Waals surface area contributed by atoms with Crippen molar-refractivity contribution in [2.75, 3.05) is 0 Å². The van der Waals surface area contributed by atoms with Crippen LogP contribution in [0.1, 0.15) is 33.2 Å². The molecule has 102 valence electrons. The summed E-state index contributed by atoms with van der Waals surface area (Å²) in [6.07, 6.45) is 0.265. The summed E-state index contributed by atoms with van der Waals surface area (Å²) in [5.74, 6) is -0.551. The molecule has 0 aliphatic carbocycles. The van der Waals surface area contributed by atoms with E-state index in [0.717, 1.165) is 21.2 Å². The molecule has 2 aromatic carbocycles. The van der Waals surface area contributed by atoms with E-state index in [0.29, 0.717) is 12.0 Å². The van der Waals surface area contributed by atoms with Gasteiger partial charge in [0.2, 0.25) is 0 Å². The van der Waals surface area contributed by atoms with Gasteiger partial charge in [0, 0.05) is 16.5 Å². The van der Waals surface area contributed by atoms with Crippen molar-refractivity contribution in [2.24, 2.45) is 0 Å². The molecular weight excluding hydrogens is 323 g/mol. The number of carbonyl (C=O) groups excluding carboxylic acids is 1. The number of carbonyl (C=O) groups is 1. The highest BCUT2D eigenvalue weighted by Gasteiger charge is 2.31. The van der Waals surface area contributed by atoms with Crippen LogP contribution in [0.4, 0.5) is 4.39 Å². The zero-order valence-electron chi connectivity index (χ0n) is 10.8. The minimum Gasteiger partial charge on any atom is -0.454 e. The van der Waals surface area contributed by atoms with Crippen LogP contribution in [0.2, 0.25) is 0 Å². The van der Waals surface area contributed by atoms with Crippen LogP contribution in [0.5, 0.6) is 0 Å². The van der Waals surface area contributed by atoms with Crippen molar-refractivity contribution in [1.82, 2.24) is 0 Å². The van der Waals surface area contributed by atoms with E-state index in [1.807, 2.05) is 19.1 Å². The number of esters is 1. The van der Waals surface area contributed by atoms with Crippen LogP contribution in [0.3, 0.4) is 0 Å². The summed E-state index contributed by atoms with van der Waals surface area (Å²) < 4.78 is 19.4. The normalized spacial score (nSPS) is 16.9. The van der Waals surface area contributed by atoms with Gasteiger partial charge < -0.3 is 4.74 Å². The Morgan fingerprint density at radius 2 is 2.05 bits per heavy atom. The second kappa shape index (κ2) is 5.02. The Hall–Kier alpha value is -1.68. The Balaban J connectivity index is 1.92. The molecule has 1 atom stereocenters. The van der Waals surface area contributed by atoms with Crippen LogP contribution >= 0.6 is 15.9 Å². The maximum Gasteiger partial charge on any atom is 0.339 e. The third-order valence-corrected chi connectivity index (χ3v) is 4.03. The van der Waals surface area contributed by atoms with Gasteiger partial charge in [-0.15, -0.1) is 0 Å². The standard InChI is InChI=1S/C16H12BrFO2/c1-9-6-12(18)4-2-10(9)7-15-13-5-3-11(17)8-14(13)16(19)20-15/h2-6,8,15H,7H2,1H3. The Kier molecular flexibility index (Phi) is 3.34. The number of aryl methyl sites for hydroxylation is 1. The molecule has 2 nitrogen and oxygen atoms in total. The summed E-state index contributed by atoms with van der Waals surface area (Å²) in [6.45, 7) is 1.86. The van der Waals surface area contributed by atoms with Crippen molar-refractivity contribution in [3.63, 3.8) is 0 Å². The third-order valence-electron chi connectivity index (χ3n) is 3.54. The van der Waals surface area contributed by atoms with Gasteiger partial charge in [-0.1, -0.05) is 28.1 Å². The lowest BCUT2D eigenvalue weighted by Crippen LogP contribution is -2.04. The fourth-order valence-electron chi connectivity index (χ4n) is 2.48. The molecule has 1 heterocycles. The second-order valence-electron chi connectivity index (χ2n) is 4.90. The van der Waals surface area contributed by atoms with Crippen molar-refractivity contribution >= 4 is 21.9 Å². The zero-order valence-corrected chi connectivity index (χ0v) is 12.4. The van der Waals surface area contributed by atoms with Gasteiger partial charge in [-0.25, -0.2) is 9.18 Å². The molecule has 3 rings (SSSR count). The number of ether oxygens (including phenoxy) is 1. The van der Waals surface area contributed by atoms with Gasteiger partial charge in [-0.2, -0.15) is 0 Å². The lowest BCUT2D eigenvalue weighted by molar-refractivity contribution is 0.0386. The Morgan fingerprint density at radius 3 is 2.80 bits per heavy atom. The van der Waals surface area contributed by atoms with E-state index in [1.54, 1.807) is 12.1 Å². The van der Waals surface area contributed by atoms with Crippen molar-refractivity contribution < 1.29 is 13.9 Å². The Labute approximate surface area is 124 Å². The van der Waals surface area contributed by atoms with Crippen LogP contribution in [0, 0.1) is 12.7 Å². The maximum atomic E-state index is 13.1. The summed E-state index contributed by atoms with van der Waals surface area (Å²) in [5, 5.41) is 0. The number of benzene rings is 2. The largest absolute Gasteiger partial charge is 0.454 e. The Morgan fingerprint density at radius 1 is 1.25 bits per heavy atom. The zero-order chi connectivity index (χ0) is 14.3. The molecule has 0 bridgehead atoms. The predicted octanol–water partition coefficient (Wildman–Crippen LogP) is 4.35. The van der Waals surface area contributed by atoms with Crippen molar-refractivity contribution in [1.29, 1.82) is 0 Å². The van der Waals surface area contributed by atoms with Crippen molar-refractivity contribution in [3.8, 4) is 0 Å². The summed E-state index contributed by atoms with van der Waals surface area (Å²) >= 11 is 3.35. The highest BCUT2D eigenvalue weighted by atomic mass is 79.9. The molecule has 0 amide bonds. The molecule has 1 aliphatic heterocycles. The van der Waals surface area contributed by atoms with Crippen LogP contribution in [0.25, 0.3) is 0 Å². The molecule has 1 unspecified atom stereocenters. The highest BCUT2D eigenvalue weighted by molar-refractivity contribution is 9.10. The smallest absolute Gasteiger partial charge is 0.339 e. The van der Waals surface area contributed by atoms with Gasteiger partial charge in [0.1, 0.15) is 11.9 Å². The molecule has 0 saturated heterocycles. The molecule has 0 radical (unpaired) electrons. The van der Waals surface area contributed by atoms with Gasteiger partial charge >= 0.3 is 5.97 Å². The lowest BCUT2D eigenvalue weighted by Gasteiger charge is -2.12. The summed E-state index contributed by atoms with van der Waals surface area (Å²) in [7, 11) is 0. The van der Waals surface area contributed by atoms with E-state index in [9.17, 15) is 9.18 Å². The van der Waals surface area contributed by atoms with Gasteiger partial charge in [-0.3, -0.25) is 0 Å². The molecular formula is C16H12BrFO2. The predicted molar refractivity (Wildman–Crippen MR) is 77.1 cm³/mol. The number of cyclic esters (lactones) is 1. The van der Waals surface area contributed by atoms with Crippen LogP contribution in [-0.2, 0) is 11.2 Å². The van der Waals surface area contributed by atoms with E-state index in [2.05, 4.69) is 15.9 Å². The topological polar surface area (TPSA) is 26.3 Å². The van der Waals surface area contributed by atoms with E-state index < -0.39 is 0 Å². The van der Waals surface area contributed by atoms with E-state index >= 15 is 0 Å². The maximum absolute atomic E-state index is 13.1. The Bertz CT molecular complexity index is 697. The molecule has 0 fully saturated rings. The third kappa shape index (κ3) is 2.36. The van der Waals surface area contributed by atoms with E-state index in [-0.39, 0.29) is 17.9 Å². The summed E-state index contributed by atoms with van der Waals surface area (Å²) in [6, 6.07) is 10.2. The SMILES string of the molecule is Cc1cc(F)ccc1CC1OC(=O)c2cc(Br)ccc21. The average molecular weight is 335 g/mol. The molecule has 0 N–H and O–H groups in total. The number of rotatable bonds is 2. The van der Waals surface area contributed by atoms with Gasteiger partial charge in [0.25, 0.3) is 0 Å². The summed E-state index contributed by atoms with van der Waals surface area (Å²) in [5.41, 5.74) is 3.35. The van der Waals surface area contributed by atoms with Gasteiger partial charge in [0.15, 0.2) is 0 Å². The first kappa shape index (κ1) is 13.3. The van der Waals surface area contributed by atoms with E-state index in [4.69, 9.17) is 4.74 Å². The average Bonchev–Trinajstić information content (AvgIpc) is 2.69. The molecule has 1 aliphatic rings. The summed E-state index contributed by atoms with van der Waals surface area (Å²) in [4.78, 5) is 11.9.